The summed E-state index contributed by atoms with van der Waals surface area (Å²) >= 11 is 0. The highest BCUT2D eigenvalue weighted by molar-refractivity contribution is 5.27. The molecule has 1 aromatic rings. The van der Waals surface area contributed by atoms with Crippen LogP contribution in [0.15, 0.2) is 4.79 Å². The van der Waals surface area contributed by atoms with Crippen LogP contribution in [0.3, 0.4) is 0 Å². The van der Waals surface area contributed by atoms with Gasteiger partial charge in [-0.05, 0) is 45.2 Å². The highest BCUT2D eigenvalue weighted by Crippen LogP contribution is 2.27. The zero-order valence-electron chi connectivity index (χ0n) is 11.8. The van der Waals surface area contributed by atoms with Crippen molar-refractivity contribution in [3.8, 4) is 6.01 Å². The number of ether oxygens (including phenoxy) is 1. The fourth-order valence-corrected chi connectivity index (χ4v) is 3.78. The van der Waals surface area contributed by atoms with Crippen molar-refractivity contribution in [3.63, 3.8) is 0 Å². The Morgan fingerprint density at radius 1 is 1.15 bits per heavy atom. The minimum Gasteiger partial charge on any atom is -0.458 e. The second-order valence-electron chi connectivity index (χ2n) is 6.19. The molecule has 1 aromatic heterocycles. The molecule has 3 aliphatic rings. The van der Waals surface area contributed by atoms with Crippen LogP contribution in [0.1, 0.15) is 36.9 Å². The standard InChI is InChI=1S/C15H21N3O2/c19-14-12-5-4-6-13(12)18-10-11(20-15(18)16-14)9-17-7-2-1-3-8-17/h11H,1-10H2. The summed E-state index contributed by atoms with van der Waals surface area (Å²) in [6.07, 6.45) is 7.07. The summed E-state index contributed by atoms with van der Waals surface area (Å²) in [6, 6.07) is 0.553. The Bertz CT molecular complexity index is 575. The number of rotatable bonds is 2. The predicted octanol–water partition coefficient (Wildman–Crippen LogP) is 0.979. The summed E-state index contributed by atoms with van der Waals surface area (Å²) in [5.74, 6) is 0. The van der Waals surface area contributed by atoms with Gasteiger partial charge in [-0.2, -0.15) is 4.98 Å². The summed E-state index contributed by atoms with van der Waals surface area (Å²) in [7, 11) is 0. The number of hydrogen-bond donors (Lipinski definition) is 0. The van der Waals surface area contributed by atoms with Gasteiger partial charge in [0.05, 0.1) is 6.54 Å². The maximum absolute atomic E-state index is 12.0. The first-order valence-electron chi connectivity index (χ1n) is 7.83. The lowest BCUT2D eigenvalue weighted by Crippen LogP contribution is -2.38. The highest BCUT2D eigenvalue weighted by atomic mass is 16.5. The Morgan fingerprint density at radius 3 is 2.85 bits per heavy atom. The Labute approximate surface area is 118 Å². The molecule has 0 radical (unpaired) electrons. The first-order chi connectivity index (χ1) is 9.81. The second-order valence-corrected chi connectivity index (χ2v) is 6.19. The average Bonchev–Trinajstić information content (AvgIpc) is 3.06. The third kappa shape index (κ3) is 2.04. The Hall–Kier alpha value is -1.36. The maximum Gasteiger partial charge on any atom is 0.300 e. The molecule has 0 aromatic carbocycles. The summed E-state index contributed by atoms with van der Waals surface area (Å²) in [5, 5.41) is 0. The van der Waals surface area contributed by atoms with E-state index in [9.17, 15) is 4.79 Å². The van der Waals surface area contributed by atoms with Gasteiger partial charge in [-0.15, -0.1) is 0 Å². The first-order valence-corrected chi connectivity index (χ1v) is 7.83. The SMILES string of the molecule is O=c1nc2n(c3c1CCC3)CC(CN1CCCCC1)O2. The molecule has 5 heteroatoms. The van der Waals surface area contributed by atoms with E-state index in [0.717, 1.165) is 37.9 Å². The van der Waals surface area contributed by atoms with Gasteiger partial charge in [0.15, 0.2) is 0 Å². The Morgan fingerprint density at radius 2 is 2.00 bits per heavy atom. The summed E-state index contributed by atoms with van der Waals surface area (Å²) in [6.45, 7) is 4.19. The molecule has 3 heterocycles. The van der Waals surface area contributed by atoms with Crippen LogP contribution in [-0.2, 0) is 19.4 Å². The van der Waals surface area contributed by atoms with Gasteiger partial charge in [-0.25, -0.2) is 0 Å². The molecule has 108 valence electrons. The zero-order valence-corrected chi connectivity index (χ0v) is 11.8. The maximum atomic E-state index is 12.0. The molecule has 1 unspecified atom stereocenters. The molecule has 1 fully saturated rings. The van der Waals surface area contributed by atoms with E-state index in [4.69, 9.17) is 4.74 Å². The van der Waals surface area contributed by atoms with E-state index in [-0.39, 0.29) is 11.7 Å². The molecule has 20 heavy (non-hydrogen) atoms. The molecule has 4 rings (SSSR count). The number of hydrogen-bond acceptors (Lipinski definition) is 4. The van der Waals surface area contributed by atoms with Crippen molar-refractivity contribution in [3.05, 3.63) is 21.6 Å². The zero-order chi connectivity index (χ0) is 13.5. The second kappa shape index (κ2) is 4.88. The van der Waals surface area contributed by atoms with Gasteiger partial charge < -0.3 is 4.74 Å². The molecule has 2 aliphatic heterocycles. The minimum absolute atomic E-state index is 0.0672. The van der Waals surface area contributed by atoms with Gasteiger partial charge in [0.1, 0.15) is 6.10 Å². The lowest BCUT2D eigenvalue weighted by atomic mass is 10.1. The Balaban J connectivity index is 1.53. The largest absolute Gasteiger partial charge is 0.458 e. The topological polar surface area (TPSA) is 47.4 Å². The van der Waals surface area contributed by atoms with Crippen LogP contribution in [0.5, 0.6) is 6.01 Å². The highest BCUT2D eigenvalue weighted by Gasteiger charge is 2.31. The third-order valence-electron chi connectivity index (χ3n) is 4.77. The van der Waals surface area contributed by atoms with Crippen molar-refractivity contribution in [2.75, 3.05) is 19.6 Å². The summed E-state index contributed by atoms with van der Waals surface area (Å²) in [5.41, 5.74) is 2.04. The lowest BCUT2D eigenvalue weighted by molar-refractivity contribution is 0.130. The summed E-state index contributed by atoms with van der Waals surface area (Å²) in [4.78, 5) is 18.6. The van der Waals surface area contributed by atoms with E-state index in [1.807, 2.05) is 0 Å². The van der Waals surface area contributed by atoms with Crippen molar-refractivity contribution in [2.24, 2.45) is 0 Å². The summed E-state index contributed by atoms with van der Waals surface area (Å²) < 4.78 is 8.08. The van der Waals surface area contributed by atoms with Crippen LogP contribution < -0.4 is 10.3 Å². The molecule has 0 bridgehead atoms. The van der Waals surface area contributed by atoms with Gasteiger partial charge in [-0.3, -0.25) is 14.3 Å². The molecular formula is C15H21N3O2. The number of fused-ring (bicyclic) bond motifs is 3. The molecule has 0 amide bonds. The van der Waals surface area contributed by atoms with Gasteiger partial charge in [-0.1, -0.05) is 6.42 Å². The molecule has 1 atom stereocenters. The van der Waals surface area contributed by atoms with Gasteiger partial charge in [0.25, 0.3) is 11.6 Å². The van der Waals surface area contributed by atoms with Crippen LogP contribution in [0.2, 0.25) is 0 Å². The Kier molecular flexibility index (Phi) is 3.02. The van der Waals surface area contributed by atoms with Crippen LogP contribution in [-0.4, -0.2) is 40.2 Å². The van der Waals surface area contributed by atoms with Crippen LogP contribution >= 0.6 is 0 Å². The number of nitrogens with zero attached hydrogens (tertiary/aromatic N) is 3. The molecular weight excluding hydrogens is 254 g/mol. The van der Waals surface area contributed by atoms with Gasteiger partial charge in [0, 0.05) is 17.8 Å². The van der Waals surface area contributed by atoms with Crippen molar-refractivity contribution >= 4 is 0 Å². The number of likely N-dealkylation sites (tertiary alicyclic amines) is 1. The van der Waals surface area contributed by atoms with Crippen molar-refractivity contribution in [2.45, 2.75) is 51.2 Å². The van der Waals surface area contributed by atoms with Crippen molar-refractivity contribution in [1.82, 2.24) is 14.5 Å². The quantitative estimate of drug-likeness (QED) is 0.807. The predicted molar refractivity (Wildman–Crippen MR) is 75.2 cm³/mol. The van der Waals surface area contributed by atoms with E-state index in [2.05, 4.69) is 14.5 Å². The van der Waals surface area contributed by atoms with Gasteiger partial charge in [0.2, 0.25) is 0 Å². The third-order valence-corrected chi connectivity index (χ3v) is 4.77. The monoisotopic (exact) mass is 275 g/mol. The lowest BCUT2D eigenvalue weighted by Gasteiger charge is -2.28. The molecule has 1 aliphatic carbocycles. The van der Waals surface area contributed by atoms with E-state index in [1.165, 1.54) is 38.0 Å². The fourth-order valence-electron chi connectivity index (χ4n) is 3.78. The van der Waals surface area contributed by atoms with Crippen molar-refractivity contribution in [1.29, 1.82) is 0 Å². The fraction of sp³-hybridized carbons (Fsp3) is 0.733. The van der Waals surface area contributed by atoms with Crippen molar-refractivity contribution < 1.29 is 4.74 Å². The first kappa shape index (κ1) is 12.4. The molecule has 1 saturated heterocycles. The molecule has 5 nitrogen and oxygen atoms in total. The van der Waals surface area contributed by atoms with Crippen LogP contribution in [0, 0.1) is 0 Å². The molecule has 0 spiro atoms. The number of piperidine rings is 1. The number of aromatic nitrogens is 2. The van der Waals surface area contributed by atoms with E-state index in [0.29, 0.717) is 6.01 Å². The smallest absolute Gasteiger partial charge is 0.300 e. The molecule has 0 N–H and O–H groups in total. The van der Waals surface area contributed by atoms with E-state index >= 15 is 0 Å². The van der Waals surface area contributed by atoms with Gasteiger partial charge >= 0.3 is 0 Å². The van der Waals surface area contributed by atoms with E-state index in [1.54, 1.807) is 0 Å². The van der Waals surface area contributed by atoms with E-state index < -0.39 is 0 Å². The normalized spacial score (nSPS) is 25.3. The molecule has 0 saturated carbocycles. The van der Waals surface area contributed by atoms with Crippen LogP contribution in [0.25, 0.3) is 0 Å². The average molecular weight is 275 g/mol. The van der Waals surface area contributed by atoms with Crippen LogP contribution in [0.4, 0.5) is 0 Å². The minimum atomic E-state index is -0.0672.